The van der Waals surface area contributed by atoms with E-state index in [0.717, 1.165) is 6.42 Å². The van der Waals surface area contributed by atoms with Crippen molar-refractivity contribution in [2.45, 2.75) is 19.4 Å². The Kier molecular flexibility index (Phi) is 5.95. The molecule has 0 aromatic heterocycles. The molecule has 0 aliphatic heterocycles. The fourth-order valence-electron chi connectivity index (χ4n) is 1.69. The molecular formula is C13H18ClNO3. The van der Waals surface area contributed by atoms with E-state index < -0.39 is 6.04 Å². The molecule has 1 unspecified atom stereocenters. The van der Waals surface area contributed by atoms with Crippen molar-refractivity contribution in [3.63, 3.8) is 0 Å². The molecule has 0 fully saturated rings. The number of benzene rings is 1. The first-order valence-corrected chi connectivity index (χ1v) is 6.17. The van der Waals surface area contributed by atoms with Crippen LogP contribution in [0.4, 0.5) is 0 Å². The molecule has 1 aromatic rings. The van der Waals surface area contributed by atoms with E-state index >= 15 is 0 Å². The first-order valence-electron chi connectivity index (χ1n) is 5.79. The van der Waals surface area contributed by atoms with Crippen LogP contribution in [0.1, 0.15) is 24.9 Å². The third kappa shape index (κ3) is 3.37. The van der Waals surface area contributed by atoms with Crippen LogP contribution in [0.25, 0.3) is 0 Å². The third-order valence-electron chi connectivity index (χ3n) is 2.56. The maximum Gasteiger partial charge on any atom is 0.327 e. The highest BCUT2D eigenvalue weighted by atomic mass is 35.5. The maximum absolute atomic E-state index is 11.8. The van der Waals surface area contributed by atoms with E-state index in [1.165, 1.54) is 7.11 Å². The molecule has 0 bridgehead atoms. The molecule has 0 aliphatic carbocycles. The quantitative estimate of drug-likeness (QED) is 0.808. The van der Waals surface area contributed by atoms with Crippen molar-refractivity contribution in [1.29, 1.82) is 0 Å². The van der Waals surface area contributed by atoms with Gasteiger partial charge in [0.2, 0.25) is 0 Å². The summed E-state index contributed by atoms with van der Waals surface area (Å²) < 4.78 is 10.1. The van der Waals surface area contributed by atoms with E-state index in [0.29, 0.717) is 22.9 Å². The Morgan fingerprint density at radius 1 is 1.44 bits per heavy atom. The summed E-state index contributed by atoms with van der Waals surface area (Å²) in [5.41, 5.74) is 0.613. The van der Waals surface area contributed by atoms with Crippen molar-refractivity contribution in [2.75, 3.05) is 20.8 Å². The molecule has 1 atom stereocenters. The number of methoxy groups -OCH3 is 2. The normalized spacial score (nSPS) is 12.0. The van der Waals surface area contributed by atoms with E-state index in [1.54, 1.807) is 25.3 Å². The van der Waals surface area contributed by atoms with Gasteiger partial charge in [-0.2, -0.15) is 0 Å². The predicted molar refractivity (Wildman–Crippen MR) is 71.1 cm³/mol. The molecular weight excluding hydrogens is 254 g/mol. The average molecular weight is 272 g/mol. The molecule has 0 spiro atoms. The van der Waals surface area contributed by atoms with Crippen LogP contribution in [0.2, 0.25) is 5.02 Å². The first-order chi connectivity index (χ1) is 8.65. The fraction of sp³-hybridized carbons (Fsp3) is 0.462. The SMILES string of the molecule is CCCNC(C(=O)OC)c1c(Cl)cccc1OC. The van der Waals surface area contributed by atoms with Gasteiger partial charge < -0.3 is 14.8 Å². The van der Waals surface area contributed by atoms with Crippen molar-refractivity contribution in [3.8, 4) is 5.75 Å². The molecule has 0 radical (unpaired) electrons. The Hall–Kier alpha value is -1.26. The molecule has 1 rings (SSSR count). The zero-order valence-corrected chi connectivity index (χ0v) is 11.6. The lowest BCUT2D eigenvalue weighted by Gasteiger charge is -2.20. The zero-order chi connectivity index (χ0) is 13.5. The van der Waals surface area contributed by atoms with Gasteiger partial charge in [0, 0.05) is 10.6 Å². The van der Waals surface area contributed by atoms with Crippen LogP contribution in [-0.2, 0) is 9.53 Å². The molecule has 0 aliphatic rings. The summed E-state index contributed by atoms with van der Waals surface area (Å²) >= 11 is 6.16. The molecule has 100 valence electrons. The van der Waals surface area contributed by atoms with Gasteiger partial charge in [-0.3, -0.25) is 0 Å². The second kappa shape index (κ2) is 7.24. The van der Waals surface area contributed by atoms with Crippen molar-refractivity contribution in [1.82, 2.24) is 5.32 Å². The van der Waals surface area contributed by atoms with Gasteiger partial charge >= 0.3 is 5.97 Å². The zero-order valence-electron chi connectivity index (χ0n) is 10.8. The van der Waals surface area contributed by atoms with E-state index in [1.807, 2.05) is 6.92 Å². The monoisotopic (exact) mass is 271 g/mol. The minimum Gasteiger partial charge on any atom is -0.496 e. The van der Waals surface area contributed by atoms with Gasteiger partial charge in [0.15, 0.2) is 0 Å². The van der Waals surface area contributed by atoms with Gasteiger partial charge in [-0.05, 0) is 25.1 Å². The summed E-state index contributed by atoms with van der Waals surface area (Å²) in [6.07, 6.45) is 0.903. The van der Waals surface area contributed by atoms with Crippen LogP contribution in [-0.4, -0.2) is 26.7 Å². The van der Waals surface area contributed by atoms with Crippen LogP contribution in [0.3, 0.4) is 0 Å². The fourth-order valence-corrected chi connectivity index (χ4v) is 1.96. The number of hydrogen-bond acceptors (Lipinski definition) is 4. The highest BCUT2D eigenvalue weighted by molar-refractivity contribution is 6.31. The Balaban J connectivity index is 3.14. The predicted octanol–water partition coefficient (Wildman–Crippen LogP) is 2.56. The Morgan fingerprint density at radius 2 is 2.17 bits per heavy atom. The smallest absolute Gasteiger partial charge is 0.327 e. The van der Waals surface area contributed by atoms with Gasteiger partial charge in [0.05, 0.1) is 14.2 Å². The van der Waals surface area contributed by atoms with Crippen LogP contribution >= 0.6 is 11.6 Å². The number of halogens is 1. The number of carbonyl (C=O) groups is 1. The van der Waals surface area contributed by atoms with Crippen molar-refractivity contribution < 1.29 is 14.3 Å². The first kappa shape index (κ1) is 14.8. The number of nitrogens with one attached hydrogen (secondary N) is 1. The average Bonchev–Trinajstić information content (AvgIpc) is 2.39. The lowest BCUT2D eigenvalue weighted by molar-refractivity contribution is -0.143. The molecule has 4 nitrogen and oxygen atoms in total. The van der Waals surface area contributed by atoms with Crippen LogP contribution in [0, 0.1) is 0 Å². The lowest BCUT2D eigenvalue weighted by Crippen LogP contribution is -2.30. The van der Waals surface area contributed by atoms with Crippen molar-refractivity contribution >= 4 is 17.6 Å². The van der Waals surface area contributed by atoms with Gasteiger partial charge in [-0.25, -0.2) is 4.79 Å². The van der Waals surface area contributed by atoms with Crippen molar-refractivity contribution in [3.05, 3.63) is 28.8 Å². The molecule has 5 heteroatoms. The summed E-state index contributed by atoms with van der Waals surface area (Å²) in [6, 6.07) is 4.66. The summed E-state index contributed by atoms with van der Waals surface area (Å²) in [5.74, 6) is 0.191. The standard InChI is InChI=1S/C13H18ClNO3/c1-4-8-15-12(13(16)18-3)11-9(14)6-5-7-10(11)17-2/h5-7,12,15H,4,8H2,1-3H3. The molecule has 0 saturated carbocycles. The van der Waals surface area contributed by atoms with E-state index in [4.69, 9.17) is 21.1 Å². The molecule has 0 amide bonds. The highest BCUT2D eigenvalue weighted by Gasteiger charge is 2.26. The van der Waals surface area contributed by atoms with Crippen LogP contribution < -0.4 is 10.1 Å². The van der Waals surface area contributed by atoms with Gasteiger partial charge in [-0.15, -0.1) is 0 Å². The second-order valence-electron chi connectivity index (χ2n) is 3.77. The molecule has 1 aromatic carbocycles. The Labute approximate surface area is 112 Å². The topological polar surface area (TPSA) is 47.6 Å². The van der Waals surface area contributed by atoms with E-state index in [-0.39, 0.29) is 5.97 Å². The highest BCUT2D eigenvalue weighted by Crippen LogP contribution is 2.32. The van der Waals surface area contributed by atoms with E-state index in [9.17, 15) is 4.79 Å². The minimum absolute atomic E-state index is 0.380. The van der Waals surface area contributed by atoms with Gasteiger partial charge in [0.1, 0.15) is 11.8 Å². The Morgan fingerprint density at radius 3 is 2.72 bits per heavy atom. The minimum atomic E-state index is -0.612. The summed E-state index contributed by atoms with van der Waals surface area (Å²) in [4.78, 5) is 11.8. The molecule has 18 heavy (non-hydrogen) atoms. The summed E-state index contributed by atoms with van der Waals surface area (Å²) in [6.45, 7) is 2.71. The third-order valence-corrected chi connectivity index (χ3v) is 2.89. The van der Waals surface area contributed by atoms with Gasteiger partial charge in [0.25, 0.3) is 0 Å². The van der Waals surface area contributed by atoms with Gasteiger partial charge in [-0.1, -0.05) is 24.6 Å². The maximum atomic E-state index is 11.8. The Bertz CT molecular complexity index is 409. The molecule has 1 N–H and O–H groups in total. The number of ether oxygens (including phenoxy) is 2. The molecule has 0 saturated heterocycles. The number of rotatable bonds is 6. The molecule has 0 heterocycles. The number of esters is 1. The second-order valence-corrected chi connectivity index (χ2v) is 4.17. The lowest BCUT2D eigenvalue weighted by atomic mass is 10.1. The van der Waals surface area contributed by atoms with E-state index in [2.05, 4.69) is 5.32 Å². The van der Waals surface area contributed by atoms with Crippen molar-refractivity contribution in [2.24, 2.45) is 0 Å². The number of hydrogen-bond donors (Lipinski definition) is 1. The van der Waals surface area contributed by atoms with Crippen LogP contribution in [0.15, 0.2) is 18.2 Å². The summed E-state index contributed by atoms with van der Waals surface area (Å²) in [5, 5.41) is 3.59. The number of carbonyl (C=O) groups excluding carboxylic acids is 1. The summed E-state index contributed by atoms with van der Waals surface area (Å²) in [7, 11) is 2.90. The largest absolute Gasteiger partial charge is 0.496 e. The van der Waals surface area contributed by atoms with Crippen LogP contribution in [0.5, 0.6) is 5.75 Å².